The smallest absolute Gasteiger partial charge is 0.261 e. The fraction of sp³-hybridized carbons (Fsp3) is 0.111. The molecule has 7 heteroatoms. The Morgan fingerprint density at radius 3 is 1.12 bits per heavy atom. The molecule has 0 saturated heterocycles. The molecule has 1 N–H and O–H groups in total. The lowest BCUT2D eigenvalue weighted by Gasteiger charge is -2.32. The number of hydrogen-bond acceptors (Lipinski definition) is 5. The largest absolute Gasteiger partial charge is 0.389 e. The number of amides is 4. The number of nitrogens with zero attached hydrogens (tertiary/aromatic N) is 2. The number of aliphatic hydroxyl groups is 1. The summed E-state index contributed by atoms with van der Waals surface area (Å²) in [5, 5.41) is 13.6. The number of aliphatic hydroxyl groups excluding tert-OH is 1. The van der Waals surface area contributed by atoms with Gasteiger partial charge in [-0.3, -0.25) is 29.0 Å². The lowest BCUT2D eigenvalue weighted by atomic mass is 9.93. The highest BCUT2D eigenvalue weighted by molar-refractivity contribution is 6.26. The van der Waals surface area contributed by atoms with E-state index in [1.165, 1.54) is 0 Å². The zero-order valence-corrected chi connectivity index (χ0v) is 17.9. The van der Waals surface area contributed by atoms with Crippen LogP contribution in [0, 0.1) is 0 Å². The predicted molar refractivity (Wildman–Crippen MR) is 125 cm³/mol. The van der Waals surface area contributed by atoms with Gasteiger partial charge in [-0.2, -0.15) is 0 Å². The van der Waals surface area contributed by atoms with Crippen LogP contribution in [0.1, 0.15) is 41.4 Å². The molecule has 0 radical (unpaired) electrons. The summed E-state index contributed by atoms with van der Waals surface area (Å²) < 4.78 is 0. The molecule has 166 valence electrons. The van der Waals surface area contributed by atoms with Gasteiger partial charge in [0.1, 0.15) is 0 Å². The Balaban J connectivity index is 1.29. The summed E-state index contributed by atoms with van der Waals surface area (Å²) in [6.45, 7) is -0.684. The molecule has 6 rings (SSSR count). The first-order chi connectivity index (χ1) is 16.5. The lowest BCUT2D eigenvalue weighted by Crippen LogP contribution is -2.50. The van der Waals surface area contributed by atoms with Crippen molar-refractivity contribution in [2.45, 2.75) is 6.10 Å². The standard InChI is InChI=1S/C27H18N2O5/c30-17(13-28-24(31)18-9-1-5-15-6-2-10-19(22(15)18)25(28)32)14-29-26(33)20-11-3-7-16-8-4-12-21(23(16)20)27(29)34/h1-12,17,30H,13-14H2. The highest BCUT2D eigenvalue weighted by Crippen LogP contribution is 2.32. The van der Waals surface area contributed by atoms with Crippen molar-refractivity contribution >= 4 is 45.2 Å². The average molecular weight is 450 g/mol. The van der Waals surface area contributed by atoms with E-state index < -0.39 is 29.7 Å². The number of rotatable bonds is 4. The van der Waals surface area contributed by atoms with Gasteiger partial charge in [0.05, 0.1) is 19.2 Å². The fourth-order valence-electron chi connectivity index (χ4n) is 4.97. The summed E-state index contributed by atoms with van der Waals surface area (Å²) in [5.41, 5.74) is 1.52. The molecule has 7 nitrogen and oxygen atoms in total. The molecule has 0 unspecified atom stereocenters. The second-order valence-corrected chi connectivity index (χ2v) is 8.51. The van der Waals surface area contributed by atoms with Gasteiger partial charge in [-0.1, -0.05) is 48.5 Å². The highest BCUT2D eigenvalue weighted by atomic mass is 16.3. The molecule has 2 aliphatic heterocycles. The maximum atomic E-state index is 13.1. The maximum Gasteiger partial charge on any atom is 0.261 e. The molecule has 4 aromatic carbocycles. The van der Waals surface area contributed by atoms with Gasteiger partial charge in [0.25, 0.3) is 23.6 Å². The first kappa shape index (κ1) is 20.3. The second kappa shape index (κ2) is 7.33. The monoisotopic (exact) mass is 450 g/mol. The van der Waals surface area contributed by atoms with Crippen LogP contribution >= 0.6 is 0 Å². The SMILES string of the molecule is O=C1c2cccc3cccc(c23)C(=O)N1CC(O)CN1C(=O)c2cccc3cccc(c23)C1=O. The third-order valence-corrected chi connectivity index (χ3v) is 6.50. The number of carbonyl (C=O) groups excluding carboxylic acids is 4. The Bertz CT molecular complexity index is 1360. The van der Waals surface area contributed by atoms with Crippen molar-refractivity contribution in [1.29, 1.82) is 0 Å². The summed E-state index contributed by atoms with van der Waals surface area (Å²) in [4.78, 5) is 54.4. The summed E-state index contributed by atoms with van der Waals surface area (Å²) in [6, 6.07) is 20.9. The van der Waals surface area contributed by atoms with Gasteiger partial charge >= 0.3 is 0 Å². The minimum absolute atomic E-state index is 0.342. The van der Waals surface area contributed by atoms with Crippen molar-refractivity contribution in [3.8, 4) is 0 Å². The molecule has 4 aromatic rings. The molecule has 0 bridgehead atoms. The Labute approximate surface area is 193 Å². The van der Waals surface area contributed by atoms with Crippen LogP contribution in [0.25, 0.3) is 21.5 Å². The molecule has 0 aliphatic carbocycles. The number of imide groups is 2. The van der Waals surface area contributed by atoms with Crippen LogP contribution in [0.4, 0.5) is 0 Å². The Morgan fingerprint density at radius 1 is 0.529 bits per heavy atom. The molecule has 0 aromatic heterocycles. The molecule has 34 heavy (non-hydrogen) atoms. The van der Waals surface area contributed by atoms with Crippen LogP contribution in [-0.4, -0.2) is 57.7 Å². The van der Waals surface area contributed by atoms with Crippen molar-refractivity contribution in [3.05, 3.63) is 95.1 Å². The van der Waals surface area contributed by atoms with Gasteiger partial charge in [-0.25, -0.2) is 0 Å². The molecule has 0 fully saturated rings. The normalized spacial score (nSPS) is 15.2. The van der Waals surface area contributed by atoms with Gasteiger partial charge in [0.15, 0.2) is 0 Å². The molecule has 0 atom stereocenters. The van der Waals surface area contributed by atoms with Gasteiger partial charge in [-0.15, -0.1) is 0 Å². The van der Waals surface area contributed by atoms with E-state index in [-0.39, 0.29) is 13.1 Å². The summed E-state index contributed by atoms with van der Waals surface area (Å²) in [7, 11) is 0. The zero-order chi connectivity index (χ0) is 23.6. The van der Waals surface area contributed by atoms with Gasteiger partial charge in [0.2, 0.25) is 0 Å². The number of hydrogen-bond donors (Lipinski definition) is 1. The van der Waals surface area contributed by atoms with E-state index in [4.69, 9.17) is 0 Å². The maximum absolute atomic E-state index is 13.1. The minimum atomic E-state index is -1.31. The zero-order valence-electron chi connectivity index (χ0n) is 17.9. The van der Waals surface area contributed by atoms with Crippen molar-refractivity contribution in [2.24, 2.45) is 0 Å². The van der Waals surface area contributed by atoms with E-state index in [0.717, 1.165) is 20.6 Å². The summed E-state index contributed by atoms with van der Waals surface area (Å²) in [6.07, 6.45) is -1.31. The predicted octanol–water partition coefficient (Wildman–Crippen LogP) is 3.25. The molecular formula is C27H18N2O5. The third kappa shape index (κ3) is 2.80. The van der Waals surface area contributed by atoms with Crippen LogP contribution in [0.5, 0.6) is 0 Å². The van der Waals surface area contributed by atoms with E-state index in [1.54, 1.807) is 48.5 Å². The van der Waals surface area contributed by atoms with E-state index in [2.05, 4.69) is 0 Å². The first-order valence-corrected chi connectivity index (χ1v) is 10.9. The molecule has 0 saturated carbocycles. The number of carbonyl (C=O) groups is 4. The fourth-order valence-corrected chi connectivity index (χ4v) is 4.97. The van der Waals surface area contributed by atoms with E-state index in [9.17, 15) is 24.3 Å². The van der Waals surface area contributed by atoms with E-state index in [1.807, 2.05) is 24.3 Å². The van der Waals surface area contributed by atoms with Crippen LogP contribution < -0.4 is 0 Å². The summed E-state index contributed by atoms with van der Waals surface area (Å²) in [5.74, 6) is -2.06. The Hall–Kier alpha value is -4.36. The minimum Gasteiger partial charge on any atom is -0.389 e. The highest BCUT2D eigenvalue weighted by Gasteiger charge is 2.37. The number of benzene rings is 4. The van der Waals surface area contributed by atoms with E-state index >= 15 is 0 Å². The second-order valence-electron chi connectivity index (χ2n) is 8.51. The topological polar surface area (TPSA) is 95.0 Å². The van der Waals surface area contributed by atoms with Crippen LogP contribution in [0.3, 0.4) is 0 Å². The molecule has 2 heterocycles. The van der Waals surface area contributed by atoms with Gasteiger partial charge < -0.3 is 5.11 Å². The number of β-amino-alcohol motifs (C(OH)–C–C–N with tert-alkyl or cyclic N) is 1. The first-order valence-electron chi connectivity index (χ1n) is 10.9. The van der Waals surface area contributed by atoms with Crippen molar-refractivity contribution < 1.29 is 24.3 Å². The van der Waals surface area contributed by atoms with Gasteiger partial charge in [0, 0.05) is 33.0 Å². The van der Waals surface area contributed by atoms with Crippen molar-refractivity contribution in [1.82, 2.24) is 9.80 Å². The van der Waals surface area contributed by atoms with Crippen molar-refractivity contribution in [3.63, 3.8) is 0 Å². The Morgan fingerprint density at radius 2 is 0.824 bits per heavy atom. The third-order valence-electron chi connectivity index (χ3n) is 6.50. The molecule has 2 aliphatic rings. The average Bonchev–Trinajstić information content (AvgIpc) is 2.86. The molecule has 0 spiro atoms. The summed E-state index contributed by atoms with van der Waals surface area (Å²) >= 11 is 0. The molecular weight excluding hydrogens is 432 g/mol. The van der Waals surface area contributed by atoms with E-state index in [0.29, 0.717) is 33.0 Å². The van der Waals surface area contributed by atoms with Crippen LogP contribution in [0.2, 0.25) is 0 Å². The van der Waals surface area contributed by atoms with Crippen LogP contribution in [0.15, 0.2) is 72.8 Å². The van der Waals surface area contributed by atoms with Crippen molar-refractivity contribution in [2.75, 3.05) is 13.1 Å². The quantitative estimate of drug-likeness (QED) is 0.482. The van der Waals surface area contributed by atoms with Gasteiger partial charge in [-0.05, 0) is 35.0 Å². The molecule has 4 amide bonds. The lowest BCUT2D eigenvalue weighted by molar-refractivity contribution is 0.0385. The van der Waals surface area contributed by atoms with Crippen LogP contribution in [-0.2, 0) is 0 Å². The Kier molecular flexibility index (Phi) is 4.37.